The average Bonchev–Trinajstić information content (AvgIpc) is 2.29. The Morgan fingerprint density at radius 2 is 1.65 bits per heavy atom. The molecule has 0 unspecified atom stereocenters. The van der Waals surface area contributed by atoms with Crippen LogP contribution in [-0.2, 0) is 6.54 Å². The second kappa shape index (κ2) is 5.80. The fraction of sp³-hybridized carbons (Fsp3) is 0.143. The molecule has 90 valence electrons. The highest BCUT2D eigenvalue weighted by Gasteiger charge is 2.01. The summed E-state index contributed by atoms with van der Waals surface area (Å²) in [7, 11) is 0. The van der Waals surface area contributed by atoms with Crippen molar-refractivity contribution in [1.82, 2.24) is 0 Å². The molecule has 1 nitrogen and oxygen atoms in total. The Morgan fingerprint density at radius 1 is 1.00 bits per heavy atom. The molecule has 3 heteroatoms. The number of benzene rings is 2. The summed E-state index contributed by atoms with van der Waals surface area (Å²) < 4.78 is 12.8. The molecule has 0 heterocycles. The molecular formula is C14H15ClFN. The predicted octanol–water partition coefficient (Wildman–Crippen LogP) is 3.68. The van der Waals surface area contributed by atoms with Gasteiger partial charge in [-0.05, 0) is 41.8 Å². The minimum absolute atomic E-state index is 0. The number of halogens is 2. The van der Waals surface area contributed by atoms with Crippen molar-refractivity contribution >= 4 is 12.4 Å². The van der Waals surface area contributed by atoms with Crippen molar-refractivity contribution in [2.24, 2.45) is 5.73 Å². The lowest BCUT2D eigenvalue weighted by molar-refractivity contribution is 0.628. The van der Waals surface area contributed by atoms with Gasteiger partial charge in [0.1, 0.15) is 5.82 Å². The molecule has 0 amide bonds. The number of rotatable bonds is 2. The van der Waals surface area contributed by atoms with Crippen molar-refractivity contribution in [3.63, 3.8) is 0 Å². The molecule has 2 N–H and O–H groups in total. The van der Waals surface area contributed by atoms with E-state index in [1.54, 1.807) is 12.1 Å². The van der Waals surface area contributed by atoms with Crippen LogP contribution in [0, 0.1) is 12.7 Å². The third-order valence-electron chi connectivity index (χ3n) is 2.55. The van der Waals surface area contributed by atoms with Crippen molar-refractivity contribution in [3.8, 4) is 11.1 Å². The summed E-state index contributed by atoms with van der Waals surface area (Å²) >= 11 is 0. The summed E-state index contributed by atoms with van der Waals surface area (Å²) in [5, 5.41) is 0. The third kappa shape index (κ3) is 3.29. The fourth-order valence-corrected chi connectivity index (χ4v) is 1.79. The van der Waals surface area contributed by atoms with Gasteiger partial charge in [-0.1, -0.05) is 29.8 Å². The molecule has 0 aromatic heterocycles. The second-order valence-electron chi connectivity index (χ2n) is 3.92. The maximum atomic E-state index is 12.8. The maximum absolute atomic E-state index is 12.8. The Morgan fingerprint density at radius 3 is 2.24 bits per heavy atom. The van der Waals surface area contributed by atoms with E-state index in [1.807, 2.05) is 13.0 Å². The molecular weight excluding hydrogens is 237 g/mol. The number of aryl methyl sites for hydroxylation is 1. The lowest BCUT2D eigenvalue weighted by Gasteiger charge is -2.06. The Bertz CT molecular complexity index is 494. The minimum atomic E-state index is -0.213. The Balaban J connectivity index is 0.00000144. The van der Waals surface area contributed by atoms with Crippen LogP contribution in [0.15, 0.2) is 42.5 Å². The van der Waals surface area contributed by atoms with Gasteiger partial charge in [-0.15, -0.1) is 12.4 Å². The van der Waals surface area contributed by atoms with Crippen LogP contribution < -0.4 is 5.73 Å². The van der Waals surface area contributed by atoms with Gasteiger partial charge in [0.15, 0.2) is 0 Å². The van der Waals surface area contributed by atoms with Crippen molar-refractivity contribution in [1.29, 1.82) is 0 Å². The SMILES string of the molecule is Cc1cc(CN)cc(-c2ccc(F)cc2)c1.Cl. The first-order valence-corrected chi connectivity index (χ1v) is 5.25. The molecule has 0 radical (unpaired) electrons. The van der Waals surface area contributed by atoms with E-state index in [-0.39, 0.29) is 18.2 Å². The number of hydrogen-bond acceptors (Lipinski definition) is 1. The zero-order valence-electron chi connectivity index (χ0n) is 9.61. The normalized spacial score (nSPS) is 9.82. The first-order chi connectivity index (χ1) is 7.69. The topological polar surface area (TPSA) is 26.0 Å². The zero-order valence-corrected chi connectivity index (χ0v) is 10.4. The van der Waals surface area contributed by atoms with E-state index in [9.17, 15) is 4.39 Å². The van der Waals surface area contributed by atoms with Gasteiger partial charge >= 0.3 is 0 Å². The second-order valence-corrected chi connectivity index (χ2v) is 3.92. The summed E-state index contributed by atoms with van der Waals surface area (Å²) in [5.41, 5.74) is 9.99. The molecule has 0 aliphatic heterocycles. The standard InChI is InChI=1S/C14H14FN.ClH/c1-10-6-11(9-16)8-13(7-10)12-2-4-14(15)5-3-12;/h2-8H,9,16H2,1H3;1H. The molecule has 0 saturated heterocycles. The van der Waals surface area contributed by atoms with Crippen molar-refractivity contribution in [3.05, 3.63) is 59.4 Å². The largest absolute Gasteiger partial charge is 0.326 e. The van der Waals surface area contributed by atoms with E-state index in [2.05, 4.69) is 12.1 Å². The van der Waals surface area contributed by atoms with E-state index < -0.39 is 0 Å². The molecule has 17 heavy (non-hydrogen) atoms. The minimum Gasteiger partial charge on any atom is -0.326 e. The van der Waals surface area contributed by atoms with Crippen LogP contribution in [0.4, 0.5) is 4.39 Å². The summed E-state index contributed by atoms with van der Waals surface area (Å²) in [5.74, 6) is -0.213. The highest BCUT2D eigenvalue weighted by Crippen LogP contribution is 2.22. The first kappa shape index (κ1) is 13.7. The van der Waals surface area contributed by atoms with Gasteiger partial charge in [-0.2, -0.15) is 0 Å². The molecule has 0 fully saturated rings. The average molecular weight is 252 g/mol. The highest BCUT2D eigenvalue weighted by atomic mass is 35.5. The number of hydrogen-bond donors (Lipinski definition) is 1. The molecule has 0 saturated carbocycles. The smallest absolute Gasteiger partial charge is 0.123 e. The molecule has 2 aromatic rings. The lowest BCUT2D eigenvalue weighted by Crippen LogP contribution is -1.97. The van der Waals surface area contributed by atoms with Crippen LogP contribution in [0.1, 0.15) is 11.1 Å². The number of nitrogens with two attached hydrogens (primary N) is 1. The van der Waals surface area contributed by atoms with E-state index in [4.69, 9.17) is 5.73 Å². The third-order valence-corrected chi connectivity index (χ3v) is 2.55. The van der Waals surface area contributed by atoms with Crippen molar-refractivity contribution < 1.29 is 4.39 Å². The fourth-order valence-electron chi connectivity index (χ4n) is 1.79. The van der Waals surface area contributed by atoms with Gasteiger partial charge in [0, 0.05) is 6.54 Å². The van der Waals surface area contributed by atoms with E-state index in [1.165, 1.54) is 17.7 Å². The van der Waals surface area contributed by atoms with Gasteiger partial charge in [-0.3, -0.25) is 0 Å². The molecule has 0 aliphatic carbocycles. The molecule has 2 aromatic carbocycles. The Hall–Kier alpha value is -1.38. The van der Waals surface area contributed by atoms with Crippen LogP contribution in [0.5, 0.6) is 0 Å². The van der Waals surface area contributed by atoms with Crippen LogP contribution in [0.25, 0.3) is 11.1 Å². The van der Waals surface area contributed by atoms with Gasteiger partial charge < -0.3 is 5.73 Å². The molecule has 2 rings (SSSR count). The van der Waals surface area contributed by atoms with E-state index in [0.717, 1.165) is 16.7 Å². The monoisotopic (exact) mass is 251 g/mol. The Kier molecular flexibility index (Phi) is 4.67. The van der Waals surface area contributed by atoms with E-state index >= 15 is 0 Å². The lowest BCUT2D eigenvalue weighted by atomic mass is 10.0. The molecule has 0 spiro atoms. The zero-order chi connectivity index (χ0) is 11.5. The highest BCUT2D eigenvalue weighted by molar-refractivity contribution is 5.85. The molecule has 0 atom stereocenters. The summed E-state index contributed by atoms with van der Waals surface area (Å²) in [6.45, 7) is 2.56. The predicted molar refractivity (Wildman–Crippen MR) is 71.7 cm³/mol. The van der Waals surface area contributed by atoms with Gasteiger partial charge in [0.05, 0.1) is 0 Å². The van der Waals surface area contributed by atoms with Crippen LogP contribution >= 0.6 is 12.4 Å². The summed E-state index contributed by atoms with van der Waals surface area (Å²) in [6.07, 6.45) is 0. The van der Waals surface area contributed by atoms with Crippen molar-refractivity contribution in [2.45, 2.75) is 13.5 Å². The van der Waals surface area contributed by atoms with Gasteiger partial charge in [-0.25, -0.2) is 4.39 Å². The first-order valence-electron chi connectivity index (χ1n) is 5.25. The molecule has 0 bridgehead atoms. The van der Waals surface area contributed by atoms with Gasteiger partial charge in [0.25, 0.3) is 0 Å². The summed E-state index contributed by atoms with van der Waals surface area (Å²) in [4.78, 5) is 0. The summed E-state index contributed by atoms with van der Waals surface area (Å²) in [6, 6.07) is 12.7. The van der Waals surface area contributed by atoms with Crippen LogP contribution in [-0.4, -0.2) is 0 Å². The van der Waals surface area contributed by atoms with Gasteiger partial charge in [0.2, 0.25) is 0 Å². The van der Waals surface area contributed by atoms with E-state index in [0.29, 0.717) is 6.54 Å². The van der Waals surface area contributed by atoms with Crippen molar-refractivity contribution in [2.75, 3.05) is 0 Å². The van der Waals surface area contributed by atoms with Crippen LogP contribution in [0.3, 0.4) is 0 Å². The molecule has 0 aliphatic rings. The Labute approximate surface area is 107 Å². The quantitative estimate of drug-likeness (QED) is 0.866. The maximum Gasteiger partial charge on any atom is 0.123 e. The van der Waals surface area contributed by atoms with Crippen LogP contribution in [0.2, 0.25) is 0 Å².